The van der Waals surface area contributed by atoms with Crippen LogP contribution in [0.4, 0.5) is 11.4 Å². The van der Waals surface area contributed by atoms with E-state index in [1.807, 2.05) is 82.4 Å². The molecule has 0 aromatic heterocycles. The van der Waals surface area contributed by atoms with Gasteiger partial charge in [0.2, 0.25) is 5.91 Å². The Balaban J connectivity index is 0.00000198. The number of hydrogen-bond donors (Lipinski definition) is 2. The third-order valence-electron chi connectivity index (χ3n) is 8.91. The van der Waals surface area contributed by atoms with Crippen molar-refractivity contribution in [3.05, 3.63) is 83.9 Å². The fourth-order valence-corrected chi connectivity index (χ4v) is 6.38. The molecule has 0 heterocycles. The lowest BCUT2D eigenvalue weighted by Crippen LogP contribution is -2.40. The van der Waals surface area contributed by atoms with Crippen molar-refractivity contribution in [3.8, 4) is 11.1 Å². The van der Waals surface area contributed by atoms with Gasteiger partial charge in [-0.05, 0) is 79.0 Å². The smallest absolute Gasteiger partial charge is 0.232 e. The van der Waals surface area contributed by atoms with Crippen LogP contribution in [0.5, 0.6) is 0 Å². The first-order chi connectivity index (χ1) is 20.5. The zero-order chi connectivity index (χ0) is 30.1. The zero-order valence-electron chi connectivity index (χ0n) is 25.8. The van der Waals surface area contributed by atoms with Crippen molar-refractivity contribution in [2.24, 2.45) is 11.8 Å². The van der Waals surface area contributed by atoms with Crippen LogP contribution in [0.2, 0.25) is 0 Å². The summed E-state index contributed by atoms with van der Waals surface area (Å²) in [5, 5.41) is 14.9. The predicted octanol–water partition coefficient (Wildman–Crippen LogP) is 8.89. The van der Waals surface area contributed by atoms with Crippen LogP contribution < -0.4 is 10.2 Å². The Morgan fingerprint density at radius 2 is 1.52 bits per heavy atom. The maximum Gasteiger partial charge on any atom is 0.232 e. The molecular formula is C37H48N2O3. The Kier molecular flexibility index (Phi) is 11.4. The molecule has 0 radical (unpaired) electrons. The average Bonchev–Trinajstić information content (AvgIpc) is 3.02. The molecule has 2 aliphatic rings. The Hall–Kier alpha value is -3.44. The minimum atomic E-state index is -1.09. The zero-order valence-corrected chi connectivity index (χ0v) is 25.8. The number of rotatable bonds is 10. The Morgan fingerprint density at radius 3 is 2.10 bits per heavy atom. The lowest BCUT2D eigenvalue weighted by atomic mass is 9.67. The molecule has 0 spiro atoms. The SMILES string of the molecule is CC.CCCC(=O)C1CCC1c1cccc(N(C(=O)C2CCCCC2)C(O)c2ccc(-c3ccc(NC)cc3)cc2)c1. The molecule has 0 saturated heterocycles. The Morgan fingerprint density at radius 1 is 0.881 bits per heavy atom. The van der Waals surface area contributed by atoms with Crippen LogP contribution in [0, 0.1) is 11.8 Å². The van der Waals surface area contributed by atoms with Crippen molar-refractivity contribution in [3.63, 3.8) is 0 Å². The van der Waals surface area contributed by atoms with E-state index in [2.05, 4.69) is 23.5 Å². The number of amides is 1. The van der Waals surface area contributed by atoms with E-state index in [0.717, 1.165) is 73.7 Å². The third kappa shape index (κ3) is 7.12. The molecule has 5 rings (SSSR count). The second kappa shape index (κ2) is 15.2. The largest absolute Gasteiger partial charge is 0.388 e. The molecule has 224 valence electrons. The lowest BCUT2D eigenvalue weighted by molar-refractivity contribution is -0.126. The quantitative estimate of drug-likeness (QED) is 0.240. The van der Waals surface area contributed by atoms with E-state index in [4.69, 9.17) is 0 Å². The van der Waals surface area contributed by atoms with Crippen molar-refractivity contribution >= 4 is 23.1 Å². The van der Waals surface area contributed by atoms with Crippen LogP contribution in [-0.2, 0) is 9.59 Å². The first-order valence-corrected chi connectivity index (χ1v) is 16.0. The summed E-state index contributed by atoms with van der Waals surface area (Å²) in [5.74, 6) is 0.511. The molecule has 2 saturated carbocycles. The van der Waals surface area contributed by atoms with Gasteiger partial charge < -0.3 is 10.4 Å². The van der Waals surface area contributed by atoms with Crippen molar-refractivity contribution < 1.29 is 14.7 Å². The number of hydrogen-bond acceptors (Lipinski definition) is 4. The van der Waals surface area contributed by atoms with E-state index in [0.29, 0.717) is 23.5 Å². The number of carbonyl (C=O) groups is 2. The van der Waals surface area contributed by atoms with Crippen molar-refractivity contribution in [1.29, 1.82) is 0 Å². The van der Waals surface area contributed by atoms with Crippen molar-refractivity contribution in [1.82, 2.24) is 0 Å². The average molecular weight is 569 g/mol. The summed E-state index contributed by atoms with van der Waals surface area (Å²) in [6.07, 6.45) is 7.30. The van der Waals surface area contributed by atoms with Gasteiger partial charge in [-0.1, -0.05) is 88.6 Å². The number of Topliss-reactive ketones (excluding diaryl/α,β-unsaturated/α-hetero) is 1. The van der Waals surface area contributed by atoms with Crippen LogP contribution in [0.3, 0.4) is 0 Å². The summed E-state index contributed by atoms with van der Waals surface area (Å²) in [6, 6.07) is 24.1. The monoisotopic (exact) mass is 568 g/mol. The summed E-state index contributed by atoms with van der Waals surface area (Å²) in [5.41, 5.74) is 5.69. The summed E-state index contributed by atoms with van der Waals surface area (Å²) in [4.78, 5) is 28.3. The van der Waals surface area contributed by atoms with Gasteiger partial charge in [0.25, 0.3) is 0 Å². The molecule has 42 heavy (non-hydrogen) atoms. The number of anilines is 2. The highest BCUT2D eigenvalue weighted by Crippen LogP contribution is 2.45. The van der Waals surface area contributed by atoms with Gasteiger partial charge in [0, 0.05) is 42.2 Å². The second-order valence-corrected chi connectivity index (χ2v) is 11.5. The molecule has 3 atom stereocenters. The van der Waals surface area contributed by atoms with Gasteiger partial charge in [-0.25, -0.2) is 0 Å². The molecule has 3 aromatic rings. The Bertz CT molecular complexity index is 1300. The second-order valence-electron chi connectivity index (χ2n) is 11.5. The van der Waals surface area contributed by atoms with E-state index < -0.39 is 6.23 Å². The molecule has 3 aromatic carbocycles. The van der Waals surface area contributed by atoms with Gasteiger partial charge in [0.15, 0.2) is 6.23 Å². The molecule has 3 unspecified atom stereocenters. The molecule has 0 bridgehead atoms. The summed E-state index contributed by atoms with van der Waals surface area (Å²) >= 11 is 0. The molecule has 1 amide bonds. The molecule has 2 aliphatic carbocycles. The molecule has 5 nitrogen and oxygen atoms in total. The first-order valence-electron chi connectivity index (χ1n) is 16.0. The normalized spacial score (nSPS) is 19.1. The molecule has 2 N–H and O–H groups in total. The topological polar surface area (TPSA) is 69.6 Å². The van der Waals surface area contributed by atoms with Gasteiger partial charge in [-0.15, -0.1) is 0 Å². The van der Waals surface area contributed by atoms with Gasteiger partial charge >= 0.3 is 0 Å². The lowest BCUT2D eigenvalue weighted by Gasteiger charge is -2.37. The van der Waals surface area contributed by atoms with Crippen LogP contribution in [0.1, 0.15) is 102 Å². The highest BCUT2D eigenvalue weighted by atomic mass is 16.3. The van der Waals surface area contributed by atoms with E-state index in [9.17, 15) is 14.7 Å². The van der Waals surface area contributed by atoms with Gasteiger partial charge in [-0.3, -0.25) is 14.5 Å². The van der Waals surface area contributed by atoms with Gasteiger partial charge in [-0.2, -0.15) is 0 Å². The van der Waals surface area contributed by atoms with E-state index >= 15 is 0 Å². The first kappa shape index (κ1) is 31.5. The molecular weight excluding hydrogens is 520 g/mol. The highest BCUT2D eigenvalue weighted by molar-refractivity contribution is 5.95. The number of carbonyl (C=O) groups excluding carboxylic acids is 2. The number of benzene rings is 3. The maximum absolute atomic E-state index is 14.0. The third-order valence-corrected chi connectivity index (χ3v) is 8.91. The van der Waals surface area contributed by atoms with E-state index in [-0.39, 0.29) is 23.7 Å². The summed E-state index contributed by atoms with van der Waals surface area (Å²) < 4.78 is 0. The standard InChI is InChI=1S/C35H42N2O3.C2H6/c1-3-8-33(38)32-22-21-31(32)28-11-7-12-30(23-28)37(34(39)26-9-5-4-6-10-26)35(40)27-15-13-24(14-16-27)25-17-19-29(36-2)20-18-25;1-2/h7,11-20,23,26,31-32,35-36,40H,3-6,8-10,21-22H2,1-2H3;1-2H3. The van der Waals surface area contributed by atoms with Crippen LogP contribution in [0.25, 0.3) is 11.1 Å². The number of aliphatic hydroxyl groups excluding tert-OH is 1. The van der Waals surface area contributed by atoms with Crippen LogP contribution >= 0.6 is 0 Å². The summed E-state index contributed by atoms with van der Waals surface area (Å²) in [7, 11) is 1.90. The van der Waals surface area contributed by atoms with Gasteiger partial charge in [0.1, 0.15) is 5.78 Å². The summed E-state index contributed by atoms with van der Waals surface area (Å²) in [6.45, 7) is 6.05. The number of nitrogens with one attached hydrogen (secondary N) is 1. The van der Waals surface area contributed by atoms with Crippen molar-refractivity contribution in [2.45, 2.75) is 90.7 Å². The molecule has 5 heteroatoms. The maximum atomic E-state index is 14.0. The van der Waals surface area contributed by atoms with Crippen LogP contribution in [-0.4, -0.2) is 23.8 Å². The Labute approximate surface area is 252 Å². The fraction of sp³-hybridized carbons (Fsp3) is 0.459. The minimum Gasteiger partial charge on any atom is -0.388 e. The minimum absolute atomic E-state index is 0.0108. The molecule has 0 aliphatic heterocycles. The number of nitrogens with zero attached hydrogens (tertiary/aromatic N) is 1. The predicted molar refractivity (Wildman–Crippen MR) is 174 cm³/mol. The number of ketones is 1. The molecule has 2 fully saturated rings. The van der Waals surface area contributed by atoms with E-state index in [1.54, 1.807) is 4.90 Å². The van der Waals surface area contributed by atoms with E-state index in [1.165, 1.54) is 0 Å². The van der Waals surface area contributed by atoms with Gasteiger partial charge in [0.05, 0.1) is 0 Å². The fourth-order valence-electron chi connectivity index (χ4n) is 6.38. The highest BCUT2D eigenvalue weighted by Gasteiger charge is 2.38. The number of aliphatic hydroxyl groups is 1. The van der Waals surface area contributed by atoms with Crippen LogP contribution in [0.15, 0.2) is 72.8 Å². The van der Waals surface area contributed by atoms with Crippen molar-refractivity contribution in [2.75, 3.05) is 17.3 Å².